The first-order valence-electron chi connectivity index (χ1n) is 14.0. The minimum absolute atomic E-state index is 0.0515. The number of likely N-dealkylation sites (N-methyl/N-ethyl adjacent to an activating group) is 1. The molecule has 2 amide bonds. The molecule has 0 bridgehead atoms. The molecule has 0 spiro atoms. The molecule has 1 aliphatic heterocycles. The van der Waals surface area contributed by atoms with Gasteiger partial charge in [-0.1, -0.05) is 51.0 Å². The van der Waals surface area contributed by atoms with E-state index in [9.17, 15) is 9.59 Å². The molecule has 0 radical (unpaired) electrons. The van der Waals surface area contributed by atoms with Gasteiger partial charge in [0.2, 0.25) is 5.91 Å². The maximum atomic E-state index is 13.6. The van der Waals surface area contributed by atoms with Gasteiger partial charge in [0, 0.05) is 50.0 Å². The van der Waals surface area contributed by atoms with Crippen LogP contribution < -0.4 is 10.2 Å². The molecule has 8 nitrogen and oxygen atoms in total. The van der Waals surface area contributed by atoms with Crippen molar-refractivity contribution in [2.24, 2.45) is 0 Å². The molecule has 2 heterocycles. The predicted octanol–water partition coefficient (Wildman–Crippen LogP) is 4.43. The second-order valence-electron chi connectivity index (χ2n) is 10.2. The number of hydrazine groups is 1. The van der Waals surface area contributed by atoms with Crippen LogP contribution in [0.15, 0.2) is 36.4 Å². The molecule has 0 saturated heterocycles. The number of carbonyl (C=O) groups excluding carboxylic acids is 2. The molecule has 2 aromatic carbocycles. The van der Waals surface area contributed by atoms with Gasteiger partial charge < -0.3 is 10.2 Å². The van der Waals surface area contributed by atoms with Crippen LogP contribution in [0.5, 0.6) is 0 Å². The Morgan fingerprint density at radius 2 is 1.74 bits per heavy atom. The number of hydrogen-bond donors (Lipinski definition) is 1. The second kappa shape index (κ2) is 12.4. The summed E-state index contributed by atoms with van der Waals surface area (Å²) in [6.45, 7) is 11.5. The van der Waals surface area contributed by atoms with Crippen molar-refractivity contribution in [3.63, 3.8) is 0 Å². The predicted molar refractivity (Wildman–Crippen MR) is 153 cm³/mol. The van der Waals surface area contributed by atoms with E-state index in [4.69, 9.17) is 5.10 Å². The topological polar surface area (TPSA) is 73.7 Å². The van der Waals surface area contributed by atoms with Crippen LogP contribution in [0.1, 0.15) is 62.4 Å². The smallest absolute Gasteiger partial charge is 0.256 e. The highest BCUT2D eigenvalue weighted by Gasteiger charge is 2.27. The third kappa shape index (κ3) is 6.01. The van der Waals surface area contributed by atoms with Gasteiger partial charge in [0.05, 0.1) is 18.6 Å². The van der Waals surface area contributed by atoms with Crippen molar-refractivity contribution in [3.8, 4) is 0 Å². The Balaban J connectivity index is 1.57. The van der Waals surface area contributed by atoms with E-state index in [1.54, 1.807) is 5.01 Å². The Kier molecular flexibility index (Phi) is 9.05. The average molecular weight is 519 g/mol. The van der Waals surface area contributed by atoms with Gasteiger partial charge in [-0.3, -0.25) is 19.3 Å². The molecule has 1 aliphatic rings. The van der Waals surface area contributed by atoms with Gasteiger partial charge in [-0.25, -0.2) is 5.01 Å². The number of fused-ring (bicyclic) bond motifs is 2. The van der Waals surface area contributed by atoms with Gasteiger partial charge in [-0.15, -0.1) is 0 Å². The highest BCUT2D eigenvalue weighted by atomic mass is 16.2. The average Bonchev–Trinajstić information content (AvgIpc) is 3.50. The number of rotatable bonds is 12. The van der Waals surface area contributed by atoms with Crippen LogP contribution >= 0.6 is 0 Å². The van der Waals surface area contributed by atoms with Gasteiger partial charge >= 0.3 is 0 Å². The zero-order chi connectivity index (χ0) is 27.2. The third-order valence-corrected chi connectivity index (χ3v) is 7.51. The first-order chi connectivity index (χ1) is 18.4. The van der Waals surface area contributed by atoms with Crippen molar-refractivity contribution < 1.29 is 9.59 Å². The van der Waals surface area contributed by atoms with Crippen LogP contribution in [-0.4, -0.2) is 58.3 Å². The Morgan fingerprint density at radius 3 is 2.37 bits per heavy atom. The lowest BCUT2D eigenvalue weighted by Gasteiger charge is -2.32. The number of carbonyl (C=O) groups is 2. The summed E-state index contributed by atoms with van der Waals surface area (Å²) in [5.41, 5.74) is 6.50. The third-order valence-electron chi connectivity index (χ3n) is 7.51. The molecule has 0 saturated carbocycles. The monoisotopic (exact) mass is 518 g/mol. The summed E-state index contributed by atoms with van der Waals surface area (Å²) in [6, 6.07) is 12.5. The van der Waals surface area contributed by atoms with Crippen LogP contribution in [0.3, 0.4) is 0 Å². The minimum atomic E-state index is -0.0713. The number of unbranched alkanes of at least 4 members (excludes halogenated alkanes) is 2. The molecule has 38 heavy (non-hydrogen) atoms. The normalized spacial score (nSPS) is 13.1. The van der Waals surface area contributed by atoms with Gasteiger partial charge in [0.25, 0.3) is 5.91 Å². The number of aryl methyl sites for hydroxylation is 3. The summed E-state index contributed by atoms with van der Waals surface area (Å²) < 4.78 is 2.04. The number of nitrogens with zero attached hydrogens (tertiary/aromatic N) is 5. The second-order valence-corrected chi connectivity index (χ2v) is 10.2. The lowest BCUT2D eigenvalue weighted by Crippen LogP contribution is -2.48. The SMILES string of the molecule is CCCCCNC(=O)CN(CC(=O)N(C)N1Cc2ccccc2C1)c1cc2nn(CC)c(CC)c2cc1C. The first kappa shape index (κ1) is 27.6. The highest BCUT2D eigenvalue weighted by Crippen LogP contribution is 2.29. The lowest BCUT2D eigenvalue weighted by atomic mass is 10.1. The van der Waals surface area contributed by atoms with Crippen molar-refractivity contribution >= 4 is 28.4 Å². The lowest BCUT2D eigenvalue weighted by molar-refractivity contribution is -0.145. The fourth-order valence-corrected chi connectivity index (χ4v) is 5.31. The summed E-state index contributed by atoms with van der Waals surface area (Å²) in [6.07, 6.45) is 4.04. The van der Waals surface area contributed by atoms with E-state index in [1.807, 2.05) is 34.8 Å². The molecule has 0 atom stereocenters. The van der Waals surface area contributed by atoms with Crippen molar-refractivity contribution in [2.75, 3.05) is 31.6 Å². The fraction of sp³-hybridized carbons (Fsp3) is 0.500. The summed E-state index contributed by atoms with van der Waals surface area (Å²) in [5.74, 6) is -0.123. The van der Waals surface area contributed by atoms with Crippen LogP contribution in [0.2, 0.25) is 0 Å². The number of aromatic nitrogens is 2. The molecule has 1 aromatic heterocycles. The van der Waals surface area contributed by atoms with E-state index in [-0.39, 0.29) is 24.9 Å². The standard InChI is InChI=1S/C30H42N6O2/c1-6-9-12-15-31-29(37)20-34(21-30(38)33(5)35-18-23-13-10-11-14-24(23)19-35)28-17-26-25(16-22(28)4)27(7-2)36(8-3)32-26/h10-11,13-14,16-17H,6-9,12,15,18-21H2,1-5H3,(H,31,37). The summed E-state index contributed by atoms with van der Waals surface area (Å²) in [4.78, 5) is 28.4. The molecule has 0 unspecified atom stereocenters. The van der Waals surface area contributed by atoms with E-state index in [0.717, 1.165) is 54.4 Å². The molecular weight excluding hydrogens is 476 g/mol. The number of nitrogens with one attached hydrogen (secondary N) is 1. The number of hydrogen-bond acceptors (Lipinski definition) is 5. The molecule has 1 N–H and O–H groups in total. The Bertz CT molecular complexity index is 1260. The van der Waals surface area contributed by atoms with E-state index < -0.39 is 0 Å². The van der Waals surface area contributed by atoms with Crippen LogP contribution in [0, 0.1) is 6.92 Å². The Morgan fingerprint density at radius 1 is 1.03 bits per heavy atom. The maximum Gasteiger partial charge on any atom is 0.256 e. The molecule has 3 aromatic rings. The van der Waals surface area contributed by atoms with Crippen molar-refractivity contribution in [2.45, 2.75) is 73.0 Å². The van der Waals surface area contributed by atoms with Gasteiger partial charge in [-0.2, -0.15) is 5.10 Å². The van der Waals surface area contributed by atoms with E-state index in [0.29, 0.717) is 19.6 Å². The molecule has 204 valence electrons. The fourth-order valence-electron chi connectivity index (χ4n) is 5.31. The Hall–Kier alpha value is -3.39. The highest BCUT2D eigenvalue weighted by molar-refractivity contribution is 5.91. The quantitative estimate of drug-likeness (QED) is 0.359. The first-order valence-corrected chi connectivity index (χ1v) is 14.0. The van der Waals surface area contributed by atoms with Gasteiger partial charge in [0.15, 0.2) is 0 Å². The number of anilines is 1. The molecule has 0 fully saturated rings. The summed E-state index contributed by atoms with van der Waals surface area (Å²) >= 11 is 0. The van der Waals surface area contributed by atoms with Crippen molar-refractivity contribution in [1.82, 2.24) is 25.1 Å². The molecule has 0 aliphatic carbocycles. The van der Waals surface area contributed by atoms with Crippen molar-refractivity contribution in [1.29, 1.82) is 0 Å². The summed E-state index contributed by atoms with van der Waals surface area (Å²) in [7, 11) is 1.82. The zero-order valence-corrected chi connectivity index (χ0v) is 23.6. The minimum Gasteiger partial charge on any atom is -0.355 e. The molecule has 4 rings (SSSR count). The van der Waals surface area contributed by atoms with Gasteiger partial charge in [-0.05, 0) is 55.5 Å². The molecule has 8 heteroatoms. The van der Waals surface area contributed by atoms with Crippen molar-refractivity contribution in [3.05, 3.63) is 58.8 Å². The zero-order valence-electron chi connectivity index (χ0n) is 23.6. The van der Waals surface area contributed by atoms with Gasteiger partial charge in [0.1, 0.15) is 0 Å². The van der Waals surface area contributed by atoms with Crippen LogP contribution in [-0.2, 0) is 35.6 Å². The number of benzene rings is 2. The van der Waals surface area contributed by atoms with E-state index >= 15 is 0 Å². The summed E-state index contributed by atoms with van der Waals surface area (Å²) in [5, 5.41) is 12.8. The van der Waals surface area contributed by atoms with Crippen LogP contribution in [0.25, 0.3) is 10.9 Å². The van der Waals surface area contributed by atoms with E-state index in [1.165, 1.54) is 16.8 Å². The molecular formula is C30H42N6O2. The number of amides is 2. The Labute approximate surface area is 226 Å². The maximum absolute atomic E-state index is 13.6. The largest absolute Gasteiger partial charge is 0.355 e. The van der Waals surface area contributed by atoms with E-state index in [2.05, 4.69) is 56.2 Å². The van der Waals surface area contributed by atoms with Crippen LogP contribution in [0.4, 0.5) is 5.69 Å².